The molecule has 0 spiro atoms. The highest BCUT2D eigenvalue weighted by Gasteiger charge is 2.34. The summed E-state index contributed by atoms with van der Waals surface area (Å²) in [5.41, 5.74) is 2.58. The second-order valence-corrected chi connectivity index (χ2v) is 10.0. The van der Waals surface area contributed by atoms with Crippen LogP contribution in [0, 0.1) is 17.8 Å². The summed E-state index contributed by atoms with van der Waals surface area (Å²) in [5.74, 6) is 1.62. The van der Waals surface area contributed by atoms with Crippen LogP contribution in [0.5, 0.6) is 11.5 Å². The van der Waals surface area contributed by atoms with E-state index in [9.17, 15) is 15.0 Å². The molecule has 180 valence electrons. The van der Waals surface area contributed by atoms with Gasteiger partial charge in [-0.1, -0.05) is 52.3 Å². The van der Waals surface area contributed by atoms with Crippen LogP contribution in [0.15, 0.2) is 46.9 Å². The van der Waals surface area contributed by atoms with Crippen LogP contribution in [-0.4, -0.2) is 20.9 Å². The predicted octanol–water partition coefficient (Wildman–Crippen LogP) is 6.34. The SMILES string of the molecule is CC[C@@H](C)C[C@H](C)C=C(C)[C@@H]1O[C@H](c2c(O)c(-c3ccc(O)cc3)cn(C)c2=O)CC[C@H]1C. The number of aromatic nitrogens is 1. The number of hydrogen-bond acceptors (Lipinski definition) is 4. The lowest BCUT2D eigenvalue weighted by molar-refractivity contribution is -0.0631. The van der Waals surface area contributed by atoms with E-state index in [1.54, 1.807) is 37.5 Å². The van der Waals surface area contributed by atoms with E-state index >= 15 is 0 Å². The molecular weight excluding hydrogens is 414 g/mol. The maximum atomic E-state index is 13.1. The smallest absolute Gasteiger partial charge is 0.259 e. The van der Waals surface area contributed by atoms with Gasteiger partial charge in [-0.15, -0.1) is 0 Å². The molecular formula is C28H39NO4. The third-order valence-corrected chi connectivity index (χ3v) is 7.06. The van der Waals surface area contributed by atoms with Gasteiger partial charge in [0.05, 0.1) is 17.8 Å². The molecule has 0 unspecified atom stereocenters. The molecule has 0 saturated carbocycles. The average Bonchev–Trinajstić information content (AvgIpc) is 2.77. The van der Waals surface area contributed by atoms with Gasteiger partial charge in [0.2, 0.25) is 0 Å². The number of hydrogen-bond donors (Lipinski definition) is 2. The fraction of sp³-hybridized carbons (Fsp3) is 0.536. The average molecular weight is 454 g/mol. The van der Waals surface area contributed by atoms with Gasteiger partial charge >= 0.3 is 0 Å². The number of pyridine rings is 1. The van der Waals surface area contributed by atoms with Crippen LogP contribution < -0.4 is 5.56 Å². The van der Waals surface area contributed by atoms with Crippen molar-refractivity contribution >= 4 is 0 Å². The fourth-order valence-corrected chi connectivity index (χ4v) is 5.02. The van der Waals surface area contributed by atoms with Gasteiger partial charge < -0.3 is 19.5 Å². The van der Waals surface area contributed by atoms with Gasteiger partial charge in [0.1, 0.15) is 11.5 Å². The number of ether oxygens (including phenoxy) is 1. The van der Waals surface area contributed by atoms with Crippen molar-refractivity contribution in [2.45, 2.75) is 72.5 Å². The molecule has 0 bridgehead atoms. The second-order valence-electron chi connectivity index (χ2n) is 10.0. The highest BCUT2D eigenvalue weighted by Crippen LogP contribution is 2.42. The first-order chi connectivity index (χ1) is 15.6. The summed E-state index contributed by atoms with van der Waals surface area (Å²) in [5, 5.41) is 20.8. The lowest BCUT2D eigenvalue weighted by Crippen LogP contribution is -2.34. The summed E-state index contributed by atoms with van der Waals surface area (Å²) < 4.78 is 8.03. The van der Waals surface area contributed by atoms with E-state index in [1.807, 2.05) is 0 Å². The number of nitrogens with zero attached hydrogens (tertiary/aromatic N) is 1. The summed E-state index contributed by atoms with van der Waals surface area (Å²) in [6.07, 6.45) is 7.35. The minimum absolute atomic E-state index is 0.0335. The van der Waals surface area contributed by atoms with Crippen LogP contribution in [0.1, 0.15) is 72.0 Å². The number of allylic oxidation sites excluding steroid dienone is 1. The van der Waals surface area contributed by atoms with E-state index in [0.717, 1.165) is 18.4 Å². The van der Waals surface area contributed by atoms with Gasteiger partial charge in [0.15, 0.2) is 0 Å². The zero-order chi connectivity index (χ0) is 24.3. The molecule has 0 radical (unpaired) electrons. The first kappa shape index (κ1) is 25.1. The molecule has 2 N–H and O–H groups in total. The summed E-state index contributed by atoms with van der Waals surface area (Å²) in [6.45, 7) is 11.1. The lowest BCUT2D eigenvalue weighted by atomic mass is 9.85. The maximum Gasteiger partial charge on any atom is 0.259 e. The number of aromatic hydroxyl groups is 2. The minimum Gasteiger partial charge on any atom is -0.508 e. The summed E-state index contributed by atoms with van der Waals surface area (Å²) in [6, 6.07) is 6.61. The Hall–Kier alpha value is -2.53. The highest BCUT2D eigenvalue weighted by atomic mass is 16.5. The summed E-state index contributed by atoms with van der Waals surface area (Å²) >= 11 is 0. The van der Waals surface area contributed by atoms with Crippen LogP contribution in [0.3, 0.4) is 0 Å². The molecule has 1 fully saturated rings. The quantitative estimate of drug-likeness (QED) is 0.480. The molecule has 1 aliphatic heterocycles. The Kier molecular flexibility index (Phi) is 8.06. The molecule has 0 amide bonds. The van der Waals surface area contributed by atoms with Gasteiger partial charge in [-0.25, -0.2) is 0 Å². The maximum absolute atomic E-state index is 13.1. The molecule has 3 rings (SSSR count). The molecule has 2 heterocycles. The van der Waals surface area contributed by atoms with Crippen LogP contribution in [0.2, 0.25) is 0 Å². The normalized spacial score (nSPS) is 23.3. The molecule has 2 aromatic rings. The minimum atomic E-state index is -0.463. The van der Waals surface area contributed by atoms with Gasteiger partial charge in [0, 0.05) is 18.8 Å². The van der Waals surface area contributed by atoms with Crippen molar-refractivity contribution in [2.75, 3.05) is 0 Å². The zero-order valence-electron chi connectivity index (χ0n) is 20.8. The van der Waals surface area contributed by atoms with Crippen molar-refractivity contribution in [1.29, 1.82) is 0 Å². The van der Waals surface area contributed by atoms with Crippen molar-refractivity contribution in [2.24, 2.45) is 24.8 Å². The molecule has 1 saturated heterocycles. The molecule has 1 aromatic heterocycles. The summed E-state index contributed by atoms with van der Waals surface area (Å²) in [4.78, 5) is 13.1. The number of rotatable bonds is 7. The third kappa shape index (κ3) is 5.70. The van der Waals surface area contributed by atoms with E-state index in [2.05, 4.69) is 40.7 Å². The molecule has 5 atom stereocenters. The Morgan fingerprint density at radius 3 is 2.52 bits per heavy atom. The topological polar surface area (TPSA) is 71.7 Å². The van der Waals surface area contributed by atoms with E-state index in [-0.39, 0.29) is 23.2 Å². The van der Waals surface area contributed by atoms with Gasteiger partial charge in [-0.05, 0) is 67.2 Å². The highest BCUT2D eigenvalue weighted by molar-refractivity contribution is 5.71. The van der Waals surface area contributed by atoms with Gasteiger partial charge in [-0.3, -0.25) is 4.79 Å². The number of aryl methyl sites for hydroxylation is 1. The number of phenolic OH excluding ortho intramolecular Hbond substituents is 1. The first-order valence-corrected chi connectivity index (χ1v) is 12.2. The standard InChI is InChI=1S/C28H39NO4/c1-7-17(2)14-18(3)15-20(5)27-19(4)8-13-24(33-27)25-26(31)23(16-29(6)28(25)32)21-9-11-22(30)12-10-21/h9-12,15-19,24,27,30-31H,7-8,13-14H2,1-6H3/t17-,18+,19-,24+,27-/m1/s1. The van der Waals surface area contributed by atoms with Crippen molar-refractivity contribution in [3.63, 3.8) is 0 Å². The monoisotopic (exact) mass is 453 g/mol. The van der Waals surface area contributed by atoms with E-state index < -0.39 is 6.10 Å². The van der Waals surface area contributed by atoms with Crippen LogP contribution in [0.25, 0.3) is 11.1 Å². The van der Waals surface area contributed by atoms with Crippen LogP contribution >= 0.6 is 0 Å². The zero-order valence-corrected chi connectivity index (χ0v) is 20.8. The Bertz CT molecular complexity index is 1040. The number of phenols is 1. The number of benzene rings is 1. The van der Waals surface area contributed by atoms with Crippen molar-refractivity contribution in [3.05, 3.63) is 58.0 Å². The van der Waals surface area contributed by atoms with Crippen molar-refractivity contribution in [3.8, 4) is 22.6 Å². The first-order valence-electron chi connectivity index (χ1n) is 12.2. The second kappa shape index (κ2) is 10.6. The predicted molar refractivity (Wildman–Crippen MR) is 133 cm³/mol. The van der Waals surface area contributed by atoms with E-state index in [4.69, 9.17) is 4.74 Å². The molecule has 1 aromatic carbocycles. The Labute approximate surface area is 197 Å². The van der Waals surface area contributed by atoms with Crippen LogP contribution in [0.4, 0.5) is 0 Å². The Morgan fingerprint density at radius 1 is 1.21 bits per heavy atom. The lowest BCUT2D eigenvalue weighted by Gasteiger charge is -2.36. The Balaban J connectivity index is 1.93. The molecule has 5 nitrogen and oxygen atoms in total. The van der Waals surface area contributed by atoms with Gasteiger partial charge in [0.25, 0.3) is 5.56 Å². The van der Waals surface area contributed by atoms with Crippen molar-refractivity contribution < 1.29 is 14.9 Å². The molecule has 1 aliphatic rings. The molecule has 5 heteroatoms. The third-order valence-electron chi connectivity index (χ3n) is 7.06. The largest absolute Gasteiger partial charge is 0.508 e. The summed E-state index contributed by atoms with van der Waals surface area (Å²) in [7, 11) is 1.69. The van der Waals surface area contributed by atoms with Gasteiger partial charge in [-0.2, -0.15) is 0 Å². The van der Waals surface area contributed by atoms with Crippen LogP contribution in [-0.2, 0) is 11.8 Å². The van der Waals surface area contributed by atoms with E-state index in [0.29, 0.717) is 35.3 Å². The molecule has 0 aliphatic carbocycles. The molecule has 33 heavy (non-hydrogen) atoms. The Morgan fingerprint density at radius 2 is 1.88 bits per heavy atom. The fourth-order valence-electron chi connectivity index (χ4n) is 5.02. The van der Waals surface area contributed by atoms with Crippen molar-refractivity contribution in [1.82, 2.24) is 4.57 Å². The van der Waals surface area contributed by atoms with E-state index in [1.165, 1.54) is 16.6 Å².